The zero-order chi connectivity index (χ0) is 13.5. The maximum absolute atomic E-state index is 11.7. The van der Waals surface area contributed by atoms with Crippen LogP contribution in [-0.2, 0) is 9.59 Å². The summed E-state index contributed by atoms with van der Waals surface area (Å²) < 4.78 is 0. The van der Waals surface area contributed by atoms with Crippen molar-refractivity contribution in [2.45, 2.75) is 70.6 Å². The zero-order valence-electron chi connectivity index (χ0n) is 11.9. The first-order valence-corrected chi connectivity index (χ1v) is 7.98. The molecule has 2 atom stereocenters. The zero-order valence-corrected chi connectivity index (χ0v) is 11.9. The molecule has 2 nitrogen and oxygen atoms in total. The Morgan fingerprint density at radius 2 is 1.58 bits per heavy atom. The fraction of sp³-hybridized carbons (Fsp3) is 0.765. The largest absolute Gasteiger partial charge is 0.300 e. The van der Waals surface area contributed by atoms with Gasteiger partial charge in [-0.1, -0.05) is 18.6 Å². The highest BCUT2D eigenvalue weighted by molar-refractivity contribution is 5.82. The van der Waals surface area contributed by atoms with Gasteiger partial charge in [-0.3, -0.25) is 9.59 Å². The summed E-state index contributed by atoms with van der Waals surface area (Å²) in [7, 11) is 0. The molecule has 0 aromatic carbocycles. The first-order valence-electron chi connectivity index (χ1n) is 7.98. The monoisotopic (exact) mass is 262 g/mol. The van der Waals surface area contributed by atoms with Crippen molar-refractivity contribution in [2.75, 3.05) is 0 Å². The van der Waals surface area contributed by atoms with Crippen LogP contribution in [0.2, 0.25) is 0 Å². The number of carbonyl (C=O) groups is 2. The van der Waals surface area contributed by atoms with E-state index < -0.39 is 0 Å². The standard InChI is InChI=1S/C12H18O.C5H8O/c13-12-9-5-4-8-11(12)10-6-2-1-3-7-10;6-5-3-1-2-4-5/h2,6,10-11H,1,3-5,7-9H2;1-4H2. The molecule has 2 fully saturated rings. The van der Waals surface area contributed by atoms with Crippen LogP contribution >= 0.6 is 0 Å². The van der Waals surface area contributed by atoms with Gasteiger partial charge in [-0.05, 0) is 50.9 Å². The van der Waals surface area contributed by atoms with Gasteiger partial charge in [-0.2, -0.15) is 0 Å². The second-order valence-electron chi connectivity index (χ2n) is 6.09. The second kappa shape index (κ2) is 7.62. The molecule has 0 saturated heterocycles. The number of allylic oxidation sites excluding steroid dienone is 2. The second-order valence-corrected chi connectivity index (χ2v) is 6.09. The van der Waals surface area contributed by atoms with Crippen LogP contribution in [0.4, 0.5) is 0 Å². The molecule has 2 saturated carbocycles. The van der Waals surface area contributed by atoms with Crippen molar-refractivity contribution >= 4 is 11.6 Å². The normalized spacial score (nSPS) is 30.9. The summed E-state index contributed by atoms with van der Waals surface area (Å²) in [5, 5.41) is 0. The lowest BCUT2D eigenvalue weighted by Crippen LogP contribution is -2.26. The van der Waals surface area contributed by atoms with Crippen LogP contribution in [0.1, 0.15) is 70.6 Å². The summed E-state index contributed by atoms with van der Waals surface area (Å²) in [5.74, 6) is 1.95. The SMILES string of the molecule is O=C1CCCC1.O=C1CCCCC1C1C=CCCC1. The van der Waals surface area contributed by atoms with Crippen molar-refractivity contribution in [3.63, 3.8) is 0 Å². The highest BCUT2D eigenvalue weighted by Crippen LogP contribution is 2.33. The number of ketones is 2. The van der Waals surface area contributed by atoms with Gasteiger partial charge in [0.1, 0.15) is 11.6 Å². The molecule has 0 N–H and O–H groups in total. The van der Waals surface area contributed by atoms with Crippen LogP contribution in [0.5, 0.6) is 0 Å². The number of Topliss-reactive ketones (excluding diaryl/α,β-unsaturated/α-hetero) is 2. The number of hydrogen-bond donors (Lipinski definition) is 0. The van der Waals surface area contributed by atoms with Crippen molar-refractivity contribution in [1.82, 2.24) is 0 Å². The molecule has 0 radical (unpaired) electrons. The van der Waals surface area contributed by atoms with Gasteiger partial charge in [0.25, 0.3) is 0 Å². The highest BCUT2D eigenvalue weighted by Gasteiger charge is 2.28. The van der Waals surface area contributed by atoms with Crippen molar-refractivity contribution < 1.29 is 9.59 Å². The first-order chi connectivity index (χ1) is 9.27. The Balaban J connectivity index is 0.000000186. The van der Waals surface area contributed by atoms with Crippen LogP contribution in [0.25, 0.3) is 0 Å². The van der Waals surface area contributed by atoms with E-state index in [0.717, 1.165) is 44.9 Å². The Labute approximate surface area is 116 Å². The molecule has 0 amide bonds. The average molecular weight is 262 g/mol. The van der Waals surface area contributed by atoms with Crippen molar-refractivity contribution in [2.24, 2.45) is 11.8 Å². The van der Waals surface area contributed by atoms with Gasteiger partial charge in [0, 0.05) is 25.2 Å². The molecule has 3 rings (SSSR count). The van der Waals surface area contributed by atoms with E-state index in [1.165, 1.54) is 25.7 Å². The van der Waals surface area contributed by atoms with Gasteiger partial charge in [0.05, 0.1) is 0 Å². The summed E-state index contributed by atoms with van der Waals surface area (Å²) in [4.78, 5) is 21.9. The minimum Gasteiger partial charge on any atom is -0.300 e. The van der Waals surface area contributed by atoms with Gasteiger partial charge in [0.15, 0.2) is 0 Å². The molecule has 106 valence electrons. The maximum Gasteiger partial charge on any atom is 0.136 e. The van der Waals surface area contributed by atoms with E-state index in [9.17, 15) is 9.59 Å². The van der Waals surface area contributed by atoms with E-state index in [2.05, 4.69) is 12.2 Å². The fourth-order valence-electron chi connectivity index (χ4n) is 3.41. The lowest BCUT2D eigenvalue weighted by Gasteiger charge is -2.28. The first kappa shape index (κ1) is 14.5. The molecule has 0 heterocycles. The fourth-order valence-corrected chi connectivity index (χ4v) is 3.41. The third-order valence-corrected chi connectivity index (χ3v) is 4.57. The van der Waals surface area contributed by atoms with E-state index in [1.807, 2.05) is 0 Å². The van der Waals surface area contributed by atoms with E-state index >= 15 is 0 Å². The maximum atomic E-state index is 11.7. The molecule has 0 bridgehead atoms. The summed E-state index contributed by atoms with van der Waals surface area (Å²) in [6.07, 6.45) is 16.6. The molecule has 3 aliphatic carbocycles. The lowest BCUT2D eigenvalue weighted by molar-refractivity contribution is -0.126. The molecular formula is C17H26O2. The Morgan fingerprint density at radius 1 is 0.842 bits per heavy atom. The van der Waals surface area contributed by atoms with Crippen molar-refractivity contribution in [3.05, 3.63) is 12.2 Å². The van der Waals surface area contributed by atoms with Gasteiger partial charge in [-0.25, -0.2) is 0 Å². The van der Waals surface area contributed by atoms with Gasteiger partial charge in [0.2, 0.25) is 0 Å². The minimum atomic E-state index is 0.380. The lowest BCUT2D eigenvalue weighted by atomic mass is 9.75. The number of hydrogen-bond acceptors (Lipinski definition) is 2. The molecule has 0 aliphatic heterocycles. The van der Waals surface area contributed by atoms with Crippen molar-refractivity contribution in [3.8, 4) is 0 Å². The minimum absolute atomic E-state index is 0.380. The van der Waals surface area contributed by atoms with Gasteiger partial charge < -0.3 is 0 Å². The summed E-state index contributed by atoms with van der Waals surface area (Å²) in [6, 6.07) is 0. The smallest absolute Gasteiger partial charge is 0.136 e. The van der Waals surface area contributed by atoms with Crippen LogP contribution in [0.15, 0.2) is 12.2 Å². The summed E-state index contributed by atoms with van der Waals surface area (Å²) in [6.45, 7) is 0. The van der Waals surface area contributed by atoms with Crippen LogP contribution in [-0.4, -0.2) is 11.6 Å². The van der Waals surface area contributed by atoms with Gasteiger partial charge in [-0.15, -0.1) is 0 Å². The quantitative estimate of drug-likeness (QED) is 0.663. The third kappa shape index (κ3) is 4.59. The molecular weight excluding hydrogens is 236 g/mol. The van der Waals surface area contributed by atoms with Gasteiger partial charge >= 0.3 is 0 Å². The summed E-state index contributed by atoms with van der Waals surface area (Å²) >= 11 is 0. The molecule has 2 unspecified atom stereocenters. The third-order valence-electron chi connectivity index (χ3n) is 4.57. The predicted molar refractivity (Wildman–Crippen MR) is 76.9 cm³/mol. The molecule has 0 aromatic heterocycles. The van der Waals surface area contributed by atoms with E-state index in [0.29, 0.717) is 23.4 Å². The van der Waals surface area contributed by atoms with Crippen LogP contribution in [0, 0.1) is 11.8 Å². The van der Waals surface area contributed by atoms with E-state index in [1.54, 1.807) is 0 Å². The summed E-state index contributed by atoms with van der Waals surface area (Å²) in [5.41, 5.74) is 0. The Morgan fingerprint density at radius 3 is 2.11 bits per heavy atom. The van der Waals surface area contributed by atoms with Crippen LogP contribution in [0.3, 0.4) is 0 Å². The topological polar surface area (TPSA) is 34.1 Å². The molecule has 3 aliphatic rings. The predicted octanol–water partition coefficient (Wildman–Crippen LogP) is 4.23. The highest BCUT2D eigenvalue weighted by atomic mass is 16.1. The van der Waals surface area contributed by atoms with Crippen LogP contribution < -0.4 is 0 Å². The molecule has 0 aromatic rings. The van der Waals surface area contributed by atoms with E-state index in [4.69, 9.17) is 0 Å². The molecule has 19 heavy (non-hydrogen) atoms. The van der Waals surface area contributed by atoms with E-state index in [-0.39, 0.29) is 0 Å². The number of rotatable bonds is 1. The Bertz CT molecular complexity index is 335. The molecule has 0 spiro atoms. The number of carbonyl (C=O) groups excluding carboxylic acids is 2. The Kier molecular flexibility index (Phi) is 5.81. The van der Waals surface area contributed by atoms with Crippen molar-refractivity contribution in [1.29, 1.82) is 0 Å². The molecule has 2 heteroatoms. The average Bonchev–Trinajstić information content (AvgIpc) is 2.92. The Hall–Kier alpha value is -0.920.